The van der Waals surface area contributed by atoms with Gasteiger partial charge in [-0.15, -0.1) is 0 Å². The number of pyridine rings is 1. The monoisotopic (exact) mass is 509 g/mol. The average molecular weight is 510 g/mol. The lowest BCUT2D eigenvalue weighted by molar-refractivity contribution is -0.137. The van der Waals surface area contributed by atoms with Crippen molar-refractivity contribution in [2.45, 2.75) is 13.1 Å². The van der Waals surface area contributed by atoms with E-state index in [4.69, 9.17) is 4.74 Å². The molecule has 2 heterocycles. The summed E-state index contributed by atoms with van der Waals surface area (Å²) in [6.45, 7) is 2.42. The zero-order valence-corrected chi connectivity index (χ0v) is 19.6. The second-order valence-corrected chi connectivity index (χ2v) is 8.80. The van der Waals surface area contributed by atoms with E-state index in [1.54, 1.807) is 24.3 Å². The number of fused-ring (bicyclic) bond motifs is 2. The summed E-state index contributed by atoms with van der Waals surface area (Å²) >= 11 is 1.31. The Bertz CT molecular complexity index is 1690. The third kappa shape index (κ3) is 4.31. The van der Waals surface area contributed by atoms with Crippen molar-refractivity contribution in [2.24, 2.45) is 4.99 Å². The number of alkyl halides is 3. The molecule has 2 aromatic heterocycles. The fourth-order valence-electron chi connectivity index (χ4n) is 3.87. The first kappa shape index (κ1) is 23.6. The molecule has 0 unspecified atom stereocenters. The Hall–Kier alpha value is -4.18. The number of benzene rings is 3. The number of aromatic hydroxyl groups is 1. The van der Waals surface area contributed by atoms with Gasteiger partial charge in [-0.2, -0.15) is 13.2 Å². The number of thiazole rings is 1. The lowest BCUT2D eigenvalue weighted by Gasteiger charge is -2.15. The molecule has 36 heavy (non-hydrogen) atoms. The maximum Gasteiger partial charge on any atom is 0.416 e. The smallest absolute Gasteiger partial charge is 0.416 e. The van der Waals surface area contributed by atoms with Crippen molar-refractivity contribution < 1.29 is 23.0 Å². The first-order valence-corrected chi connectivity index (χ1v) is 11.7. The summed E-state index contributed by atoms with van der Waals surface area (Å²) in [5.74, 6) is 0.183. The number of nitrogens with zero attached hydrogens (tertiary/aromatic N) is 3. The zero-order chi connectivity index (χ0) is 25.4. The molecule has 1 N–H and O–H groups in total. The second kappa shape index (κ2) is 9.12. The summed E-state index contributed by atoms with van der Waals surface area (Å²) in [5, 5.41) is 12.1. The summed E-state index contributed by atoms with van der Waals surface area (Å²) in [4.78, 5) is 22.1. The Balaban J connectivity index is 1.65. The molecule has 0 saturated heterocycles. The largest absolute Gasteiger partial charge is 0.494 e. The van der Waals surface area contributed by atoms with Crippen LogP contribution < -0.4 is 10.3 Å². The molecule has 182 valence electrons. The van der Waals surface area contributed by atoms with Crippen molar-refractivity contribution in [1.82, 2.24) is 9.55 Å². The number of hydrogen-bond donors (Lipinski definition) is 1. The van der Waals surface area contributed by atoms with Gasteiger partial charge in [0.15, 0.2) is 0 Å². The predicted molar refractivity (Wildman–Crippen MR) is 134 cm³/mol. The van der Waals surface area contributed by atoms with Gasteiger partial charge in [0.05, 0.1) is 33.6 Å². The fraction of sp³-hybridized carbons (Fsp3) is 0.115. The van der Waals surface area contributed by atoms with Crippen molar-refractivity contribution in [2.75, 3.05) is 6.61 Å². The summed E-state index contributed by atoms with van der Waals surface area (Å²) < 4.78 is 47.1. The maximum atomic E-state index is 13.3. The Morgan fingerprint density at radius 3 is 2.61 bits per heavy atom. The minimum atomic E-state index is -4.61. The molecule has 6 nitrogen and oxygen atoms in total. The van der Waals surface area contributed by atoms with Crippen molar-refractivity contribution in [1.29, 1.82) is 0 Å². The highest BCUT2D eigenvalue weighted by molar-refractivity contribution is 7.22. The molecule has 0 atom stereocenters. The van der Waals surface area contributed by atoms with E-state index >= 15 is 0 Å². The normalized spacial score (nSPS) is 12.1. The molecular weight excluding hydrogens is 491 g/mol. The van der Waals surface area contributed by atoms with Crippen LogP contribution in [0.25, 0.3) is 26.7 Å². The van der Waals surface area contributed by atoms with Crippen LogP contribution in [0.5, 0.6) is 11.6 Å². The molecule has 0 spiro atoms. The minimum absolute atomic E-state index is 0.115. The molecule has 10 heteroatoms. The van der Waals surface area contributed by atoms with Gasteiger partial charge >= 0.3 is 6.18 Å². The number of rotatable bonds is 5. The molecule has 0 saturated carbocycles. The lowest BCUT2D eigenvalue weighted by atomic mass is 10.1. The third-order valence-electron chi connectivity index (χ3n) is 5.50. The van der Waals surface area contributed by atoms with Crippen LogP contribution in [-0.2, 0) is 6.18 Å². The SMILES string of the molecule is CCOc1ccc2nc(/N=C/c3c(O)n(-c4cccc(C(F)(F)F)c4)c(=O)c4ccccc34)sc2c1. The summed E-state index contributed by atoms with van der Waals surface area (Å²) in [5.41, 5.74) is -0.801. The van der Waals surface area contributed by atoms with Crippen molar-refractivity contribution in [3.8, 4) is 17.3 Å². The van der Waals surface area contributed by atoms with Gasteiger partial charge in [-0.1, -0.05) is 35.6 Å². The quantitative estimate of drug-likeness (QED) is 0.275. The van der Waals surface area contributed by atoms with Gasteiger partial charge in [-0.05, 0) is 49.4 Å². The molecule has 0 fully saturated rings. The topological polar surface area (TPSA) is 76.7 Å². The lowest BCUT2D eigenvalue weighted by Crippen LogP contribution is -2.20. The minimum Gasteiger partial charge on any atom is -0.494 e. The fourth-order valence-corrected chi connectivity index (χ4v) is 4.71. The molecule has 5 rings (SSSR count). The highest BCUT2D eigenvalue weighted by Gasteiger charge is 2.31. The molecule has 0 aliphatic carbocycles. The van der Waals surface area contributed by atoms with E-state index in [1.807, 2.05) is 25.1 Å². The average Bonchev–Trinajstić information content (AvgIpc) is 3.26. The molecule has 0 radical (unpaired) electrons. The Morgan fingerprint density at radius 2 is 1.86 bits per heavy atom. The highest BCUT2D eigenvalue weighted by atomic mass is 32.1. The van der Waals surface area contributed by atoms with E-state index in [1.165, 1.54) is 29.7 Å². The molecule has 0 aliphatic heterocycles. The zero-order valence-electron chi connectivity index (χ0n) is 18.8. The van der Waals surface area contributed by atoms with E-state index in [2.05, 4.69) is 9.98 Å². The van der Waals surface area contributed by atoms with Crippen molar-refractivity contribution >= 4 is 43.7 Å². The van der Waals surface area contributed by atoms with Crippen LogP contribution in [0.2, 0.25) is 0 Å². The second-order valence-electron chi connectivity index (χ2n) is 7.79. The third-order valence-corrected chi connectivity index (χ3v) is 6.43. The van der Waals surface area contributed by atoms with Crippen LogP contribution >= 0.6 is 11.3 Å². The predicted octanol–water partition coefficient (Wildman–Crippen LogP) is 6.47. The summed E-state index contributed by atoms with van der Waals surface area (Å²) in [7, 11) is 0. The number of aromatic nitrogens is 2. The van der Waals surface area contributed by atoms with Crippen LogP contribution in [0, 0.1) is 0 Å². The Kier molecular flexibility index (Phi) is 5.97. The van der Waals surface area contributed by atoms with Gasteiger partial charge in [-0.25, -0.2) is 14.5 Å². The van der Waals surface area contributed by atoms with E-state index < -0.39 is 23.2 Å². The van der Waals surface area contributed by atoms with Crippen LogP contribution in [0.15, 0.2) is 76.5 Å². The number of aliphatic imine (C=N–C) groups is 1. The molecule has 5 aromatic rings. The van der Waals surface area contributed by atoms with Crippen LogP contribution in [0.3, 0.4) is 0 Å². The molecule has 0 bridgehead atoms. The van der Waals surface area contributed by atoms with Gasteiger partial charge < -0.3 is 9.84 Å². The first-order chi connectivity index (χ1) is 17.3. The molecule has 0 amide bonds. The van der Waals surface area contributed by atoms with Gasteiger partial charge in [0, 0.05) is 17.0 Å². The first-order valence-electron chi connectivity index (χ1n) is 10.9. The van der Waals surface area contributed by atoms with Gasteiger partial charge in [0.25, 0.3) is 5.56 Å². The Morgan fingerprint density at radius 1 is 1.08 bits per heavy atom. The van der Waals surface area contributed by atoms with E-state index in [0.29, 0.717) is 22.9 Å². The van der Waals surface area contributed by atoms with Crippen molar-refractivity contribution in [3.63, 3.8) is 0 Å². The molecular formula is C26H18F3N3O3S. The number of halogens is 3. The Labute approximate surface area is 206 Å². The van der Waals surface area contributed by atoms with E-state index in [9.17, 15) is 23.1 Å². The maximum absolute atomic E-state index is 13.3. The van der Waals surface area contributed by atoms with Crippen molar-refractivity contribution in [3.05, 3.63) is 88.2 Å². The summed E-state index contributed by atoms with van der Waals surface area (Å²) in [6.07, 6.45) is -3.24. The number of hydrogen-bond acceptors (Lipinski definition) is 6. The van der Waals surface area contributed by atoms with E-state index in [0.717, 1.165) is 26.9 Å². The van der Waals surface area contributed by atoms with Crippen LogP contribution in [0.4, 0.5) is 18.3 Å². The summed E-state index contributed by atoms with van der Waals surface area (Å²) in [6, 6.07) is 16.2. The number of ether oxygens (including phenoxy) is 1. The van der Waals surface area contributed by atoms with E-state index in [-0.39, 0.29) is 16.6 Å². The van der Waals surface area contributed by atoms with Crippen LogP contribution in [-0.4, -0.2) is 27.5 Å². The van der Waals surface area contributed by atoms with Crippen LogP contribution in [0.1, 0.15) is 18.1 Å². The van der Waals surface area contributed by atoms with Gasteiger partial charge in [0.1, 0.15) is 5.75 Å². The van der Waals surface area contributed by atoms with Gasteiger partial charge in [0.2, 0.25) is 11.0 Å². The molecule has 0 aliphatic rings. The highest BCUT2D eigenvalue weighted by Crippen LogP contribution is 2.34. The molecule has 3 aromatic carbocycles. The van der Waals surface area contributed by atoms with Gasteiger partial charge in [-0.3, -0.25) is 4.79 Å². The standard InChI is InChI=1S/C26H18F3N3O3S/c1-2-35-17-10-11-21-22(13-17)36-25(31-21)30-14-20-18-8-3-4-9-19(18)23(33)32(24(20)34)16-7-5-6-15(12-16)26(27,28)29/h3-14,34H,2H2,1H3/b30-14+.